The Balaban J connectivity index is 1.89. The second-order valence-electron chi connectivity index (χ2n) is 6.00. The second-order valence-corrected chi connectivity index (χ2v) is 6.00. The average Bonchev–Trinajstić information content (AvgIpc) is 2.88. The Morgan fingerprint density at radius 1 is 1.24 bits per heavy atom. The number of benzene rings is 1. The highest BCUT2D eigenvalue weighted by atomic mass is 15.3. The molecule has 110 valence electrons. The SMILES string of the molecule is Cc1cc(NCC(C)C)nc(N2CCc3ccccc32)n1. The molecule has 0 radical (unpaired) electrons. The van der Waals surface area contributed by atoms with Gasteiger partial charge >= 0.3 is 0 Å². The summed E-state index contributed by atoms with van der Waals surface area (Å²) < 4.78 is 0. The molecule has 1 aromatic heterocycles. The van der Waals surface area contributed by atoms with Crippen molar-refractivity contribution in [3.63, 3.8) is 0 Å². The Bertz CT molecular complexity index is 636. The first-order valence-corrected chi connectivity index (χ1v) is 7.58. The first-order valence-electron chi connectivity index (χ1n) is 7.58. The monoisotopic (exact) mass is 282 g/mol. The Kier molecular flexibility index (Phi) is 3.78. The number of nitrogens with zero attached hydrogens (tertiary/aromatic N) is 3. The van der Waals surface area contributed by atoms with Crippen molar-refractivity contribution in [3.05, 3.63) is 41.6 Å². The minimum Gasteiger partial charge on any atom is -0.370 e. The molecule has 0 unspecified atom stereocenters. The molecule has 3 rings (SSSR count). The molecule has 4 heteroatoms. The van der Waals surface area contributed by atoms with Gasteiger partial charge in [0.05, 0.1) is 0 Å². The van der Waals surface area contributed by atoms with Gasteiger partial charge in [0.1, 0.15) is 5.82 Å². The van der Waals surface area contributed by atoms with Crippen molar-refractivity contribution in [3.8, 4) is 0 Å². The van der Waals surface area contributed by atoms with Crippen LogP contribution in [0.1, 0.15) is 25.1 Å². The van der Waals surface area contributed by atoms with E-state index >= 15 is 0 Å². The van der Waals surface area contributed by atoms with Gasteiger partial charge in [0.25, 0.3) is 0 Å². The summed E-state index contributed by atoms with van der Waals surface area (Å²) in [7, 11) is 0. The Morgan fingerprint density at radius 3 is 2.86 bits per heavy atom. The highest BCUT2D eigenvalue weighted by Gasteiger charge is 2.22. The van der Waals surface area contributed by atoms with Crippen molar-refractivity contribution in [2.75, 3.05) is 23.3 Å². The molecule has 0 fully saturated rings. The van der Waals surface area contributed by atoms with Crippen molar-refractivity contribution >= 4 is 17.5 Å². The van der Waals surface area contributed by atoms with Gasteiger partial charge in [-0.15, -0.1) is 0 Å². The van der Waals surface area contributed by atoms with E-state index in [1.54, 1.807) is 0 Å². The van der Waals surface area contributed by atoms with Crippen LogP contribution >= 0.6 is 0 Å². The lowest BCUT2D eigenvalue weighted by Gasteiger charge is -2.19. The third-order valence-corrected chi connectivity index (χ3v) is 3.66. The second kappa shape index (κ2) is 5.72. The molecule has 0 bridgehead atoms. The summed E-state index contributed by atoms with van der Waals surface area (Å²) in [4.78, 5) is 11.5. The molecule has 21 heavy (non-hydrogen) atoms. The van der Waals surface area contributed by atoms with Crippen LogP contribution < -0.4 is 10.2 Å². The number of nitrogens with one attached hydrogen (secondary N) is 1. The Hall–Kier alpha value is -2.10. The summed E-state index contributed by atoms with van der Waals surface area (Å²) in [5.41, 5.74) is 3.60. The Labute approximate surface area is 126 Å². The minimum absolute atomic E-state index is 0.594. The molecule has 0 aliphatic carbocycles. The third-order valence-electron chi connectivity index (χ3n) is 3.66. The Morgan fingerprint density at radius 2 is 2.05 bits per heavy atom. The molecule has 0 amide bonds. The zero-order valence-corrected chi connectivity index (χ0v) is 12.9. The van der Waals surface area contributed by atoms with Gasteiger partial charge in [-0.2, -0.15) is 4.98 Å². The average molecular weight is 282 g/mol. The minimum atomic E-state index is 0.594. The number of para-hydroxylation sites is 1. The molecule has 1 aromatic carbocycles. The van der Waals surface area contributed by atoms with E-state index < -0.39 is 0 Å². The predicted octanol–water partition coefficient (Wildman–Crippen LogP) is 3.55. The summed E-state index contributed by atoms with van der Waals surface area (Å²) in [6.45, 7) is 8.28. The zero-order valence-electron chi connectivity index (χ0n) is 12.9. The van der Waals surface area contributed by atoms with E-state index in [9.17, 15) is 0 Å². The summed E-state index contributed by atoms with van der Waals surface area (Å²) in [5.74, 6) is 2.30. The molecule has 4 nitrogen and oxygen atoms in total. The van der Waals surface area contributed by atoms with Gasteiger partial charge in [0.2, 0.25) is 5.95 Å². The summed E-state index contributed by atoms with van der Waals surface area (Å²) in [5, 5.41) is 3.39. The maximum atomic E-state index is 4.69. The van der Waals surface area contributed by atoms with Gasteiger partial charge in [-0.1, -0.05) is 32.0 Å². The lowest BCUT2D eigenvalue weighted by Crippen LogP contribution is -2.18. The number of aromatic nitrogens is 2. The number of aryl methyl sites for hydroxylation is 1. The van der Waals surface area contributed by atoms with Gasteiger partial charge in [-0.05, 0) is 30.9 Å². The van der Waals surface area contributed by atoms with Crippen LogP contribution in [0.5, 0.6) is 0 Å². The van der Waals surface area contributed by atoms with Gasteiger partial charge in [-0.25, -0.2) is 4.98 Å². The van der Waals surface area contributed by atoms with Crippen LogP contribution in [0.2, 0.25) is 0 Å². The highest BCUT2D eigenvalue weighted by Crippen LogP contribution is 2.32. The van der Waals surface area contributed by atoms with E-state index in [1.807, 2.05) is 13.0 Å². The van der Waals surface area contributed by atoms with E-state index in [2.05, 4.69) is 53.3 Å². The molecule has 0 saturated heterocycles. The topological polar surface area (TPSA) is 41.1 Å². The van der Waals surface area contributed by atoms with Crippen LogP contribution in [0.25, 0.3) is 0 Å². The molecule has 0 saturated carbocycles. The molecule has 1 aliphatic heterocycles. The molecule has 2 aromatic rings. The number of anilines is 3. The van der Waals surface area contributed by atoms with Crippen LogP contribution in [0.15, 0.2) is 30.3 Å². The van der Waals surface area contributed by atoms with E-state index in [0.29, 0.717) is 5.92 Å². The summed E-state index contributed by atoms with van der Waals surface area (Å²) >= 11 is 0. The molecule has 0 spiro atoms. The van der Waals surface area contributed by atoms with E-state index in [-0.39, 0.29) is 0 Å². The number of fused-ring (bicyclic) bond motifs is 1. The molecule has 0 atom stereocenters. The fraction of sp³-hybridized carbons (Fsp3) is 0.412. The van der Waals surface area contributed by atoms with Crippen molar-refractivity contribution in [2.45, 2.75) is 27.2 Å². The van der Waals surface area contributed by atoms with Gasteiger partial charge in [0.15, 0.2) is 0 Å². The standard InChI is InChI=1S/C17H22N4/c1-12(2)11-18-16-10-13(3)19-17(20-16)21-9-8-14-6-4-5-7-15(14)21/h4-7,10,12H,8-9,11H2,1-3H3,(H,18,19,20). The molecular formula is C17H22N4. The molecule has 2 heterocycles. The fourth-order valence-corrected chi connectivity index (χ4v) is 2.62. The van der Waals surface area contributed by atoms with Gasteiger partial charge < -0.3 is 10.2 Å². The van der Waals surface area contributed by atoms with E-state index in [1.165, 1.54) is 11.3 Å². The highest BCUT2D eigenvalue weighted by molar-refractivity contribution is 5.66. The van der Waals surface area contributed by atoms with Crippen LogP contribution in [-0.2, 0) is 6.42 Å². The van der Waals surface area contributed by atoms with E-state index in [4.69, 9.17) is 4.98 Å². The normalized spacial score (nSPS) is 13.6. The van der Waals surface area contributed by atoms with Gasteiger partial charge in [-0.3, -0.25) is 0 Å². The van der Waals surface area contributed by atoms with Crippen LogP contribution in [0.4, 0.5) is 17.5 Å². The first kappa shape index (κ1) is 13.9. The summed E-state index contributed by atoms with van der Waals surface area (Å²) in [6.07, 6.45) is 1.06. The van der Waals surface area contributed by atoms with Crippen molar-refractivity contribution in [1.82, 2.24) is 9.97 Å². The number of hydrogen-bond donors (Lipinski definition) is 1. The number of hydrogen-bond acceptors (Lipinski definition) is 4. The quantitative estimate of drug-likeness (QED) is 0.931. The molecule has 1 N–H and O–H groups in total. The van der Waals surface area contributed by atoms with Crippen LogP contribution in [-0.4, -0.2) is 23.1 Å². The van der Waals surface area contributed by atoms with Crippen LogP contribution in [0, 0.1) is 12.8 Å². The predicted molar refractivity (Wildman–Crippen MR) is 87.2 cm³/mol. The molecule has 1 aliphatic rings. The van der Waals surface area contributed by atoms with E-state index in [0.717, 1.165) is 37.0 Å². The number of rotatable bonds is 4. The molecular weight excluding hydrogens is 260 g/mol. The maximum absolute atomic E-state index is 4.69. The smallest absolute Gasteiger partial charge is 0.232 e. The fourth-order valence-electron chi connectivity index (χ4n) is 2.62. The lowest BCUT2D eigenvalue weighted by molar-refractivity contribution is 0.686. The van der Waals surface area contributed by atoms with Crippen molar-refractivity contribution in [1.29, 1.82) is 0 Å². The maximum Gasteiger partial charge on any atom is 0.232 e. The summed E-state index contributed by atoms with van der Waals surface area (Å²) in [6, 6.07) is 10.5. The first-order chi connectivity index (χ1) is 10.1. The van der Waals surface area contributed by atoms with Crippen LogP contribution in [0.3, 0.4) is 0 Å². The third kappa shape index (κ3) is 2.99. The van der Waals surface area contributed by atoms with Gasteiger partial charge in [0, 0.05) is 30.5 Å². The lowest BCUT2D eigenvalue weighted by atomic mass is 10.2. The van der Waals surface area contributed by atoms with Crippen molar-refractivity contribution in [2.24, 2.45) is 5.92 Å². The van der Waals surface area contributed by atoms with Crippen molar-refractivity contribution < 1.29 is 0 Å². The largest absolute Gasteiger partial charge is 0.370 e. The zero-order chi connectivity index (χ0) is 14.8.